The summed E-state index contributed by atoms with van der Waals surface area (Å²) in [5.41, 5.74) is 3.09. The first-order valence-electron chi connectivity index (χ1n) is 6.35. The minimum atomic E-state index is 0.0270. The average Bonchev–Trinajstić information content (AvgIpc) is 2.85. The van der Waals surface area contributed by atoms with Gasteiger partial charge in [0.2, 0.25) is 0 Å². The zero-order valence-corrected chi connectivity index (χ0v) is 12.5. The van der Waals surface area contributed by atoms with E-state index in [0.29, 0.717) is 13.2 Å². The van der Waals surface area contributed by atoms with Gasteiger partial charge >= 0.3 is 0 Å². The fourth-order valence-corrected chi connectivity index (χ4v) is 2.55. The number of nitrogens with one attached hydrogen (secondary N) is 1. The molecule has 0 aromatic heterocycles. The Balaban J connectivity index is 1.82. The minimum Gasteiger partial charge on any atom is -0.372 e. The van der Waals surface area contributed by atoms with Gasteiger partial charge in [0, 0.05) is 12.1 Å². The van der Waals surface area contributed by atoms with E-state index in [4.69, 9.17) is 4.74 Å². The Bertz CT molecular complexity index is 420. The van der Waals surface area contributed by atoms with Crippen molar-refractivity contribution in [1.29, 1.82) is 0 Å². The number of unbranched alkanes of at least 4 members (excludes halogenated alkanes) is 2. The number of benzene rings is 1. The number of hydrogen-bond acceptors (Lipinski definition) is 2. The first kappa shape index (κ1) is 13.8. The van der Waals surface area contributed by atoms with Crippen molar-refractivity contribution < 1.29 is 9.53 Å². The Morgan fingerprint density at radius 2 is 2.06 bits per heavy atom. The summed E-state index contributed by atoms with van der Waals surface area (Å²) in [6.07, 6.45) is 3.47. The van der Waals surface area contributed by atoms with E-state index in [9.17, 15) is 4.79 Å². The molecule has 0 unspecified atom stereocenters. The van der Waals surface area contributed by atoms with Gasteiger partial charge in [-0.2, -0.15) is 0 Å². The molecule has 1 aromatic carbocycles. The van der Waals surface area contributed by atoms with Crippen LogP contribution in [0.5, 0.6) is 0 Å². The molecule has 3 nitrogen and oxygen atoms in total. The number of ether oxygens (including phenoxy) is 1. The Hall–Kier alpha value is -0.620. The molecule has 98 valence electrons. The van der Waals surface area contributed by atoms with Gasteiger partial charge in [0.05, 0.1) is 13.2 Å². The summed E-state index contributed by atoms with van der Waals surface area (Å²) in [7, 11) is 0. The molecule has 0 bridgehead atoms. The number of rotatable bonds is 6. The number of carbonyl (C=O) groups excluding carboxylic acids is 1. The van der Waals surface area contributed by atoms with E-state index in [-0.39, 0.29) is 5.91 Å². The second kappa shape index (κ2) is 7.09. The Morgan fingerprint density at radius 3 is 2.89 bits per heavy atom. The zero-order valence-electron chi connectivity index (χ0n) is 10.4. The maximum absolute atomic E-state index is 11.9. The van der Waals surface area contributed by atoms with Crippen LogP contribution in [0.2, 0.25) is 0 Å². The predicted octanol–water partition coefficient (Wildman–Crippen LogP) is 3.05. The fourth-order valence-electron chi connectivity index (χ4n) is 2.01. The van der Waals surface area contributed by atoms with Crippen molar-refractivity contribution in [3.63, 3.8) is 0 Å². The van der Waals surface area contributed by atoms with Crippen LogP contribution in [0.3, 0.4) is 0 Å². The van der Waals surface area contributed by atoms with E-state index in [0.717, 1.165) is 24.1 Å². The van der Waals surface area contributed by atoms with Gasteiger partial charge in [-0.05, 0) is 40.5 Å². The van der Waals surface area contributed by atoms with E-state index in [1.165, 1.54) is 22.8 Å². The summed E-state index contributed by atoms with van der Waals surface area (Å²) in [6.45, 7) is 2.07. The molecule has 1 N–H and O–H groups in total. The van der Waals surface area contributed by atoms with E-state index in [2.05, 4.69) is 27.9 Å². The van der Waals surface area contributed by atoms with E-state index < -0.39 is 0 Å². The molecule has 1 aliphatic rings. The smallest absolute Gasteiger partial charge is 0.251 e. The molecule has 1 amide bonds. The van der Waals surface area contributed by atoms with Crippen LogP contribution in [0.15, 0.2) is 18.2 Å². The lowest BCUT2D eigenvalue weighted by Gasteiger charge is -2.06. The van der Waals surface area contributed by atoms with Crippen molar-refractivity contribution in [2.24, 2.45) is 0 Å². The minimum absolute atomic E-state index is 0.0270. The lowest BCUT2D eigenvalue weighted by atomic mass is 10.1. The van der Waals surface area contributed by atoms with Crippen LogP contribution in [-0.2, 0) is 18.0 Å². The van der Waals surface area contributed by atoms with Crippen LogP contribution < -0.4 is 5.32 Å². The van der Waals surface area contributed by atoms with E-state index in [1.807, 2.05) is 18.2 Å². The van der Waals surface area contributed by atoms with Gasteiger partial charge < -0.3 is 10.1 Å². The molecule has 0 atom stereocenters. The van der Waals surface area contributed by atoms with Crippen molar-refractivity contribution in [3.8, 4) is 0 Å². The highest BCUT2D eigenvalue weighted by Gasteiger charge is 2.13. The third-order valence-corrected chi connectivity index (χ3v) is 3.84. The highest BCUT2D eigenvalue weighted by molar-refractivity contribution is 14.1. The molecule has 4 heteroatoms. The third kappa shape index (κ3) is 3.68. The number of hydrogen-bond donors (Lipinski definition) is 1. The SMILES string of the molecule is O=C(NCCCCCI)c1ccc2c(c1)COC2. The van der Waals surface area contributed by atoms with Crippen molar-refractivity contribution in [1.82, 2.24) is 5.32 Å². The van der Waals surface area contributed by atoms with Gasteiger partial charge in [-0.25, -0.2) is 0 Å². The number of amides is 1. The summed E-state index contributed by atoms with van der Waals surface area (Å²) in [6, 6.07) is 5.82. The summed E-state index contributed by atoms with van der Waals surface area (Å²) in [4.78, 5) is 11.9. The maximum atomic E-state index is 11.9. The Labute approximate surface area is 121 Å². The van der Waals surface area contributed by atoms with Crippen molar-refractivity contribution in [3.05, 3.63) is 34.9 Å². The third-order valence-electron chi connectivity index (χ3n) is 3.08. The molecule has 0 fully saturated rings. The van der Waals surface area contributed by atoms with E-state index >= 15 is 0 Å². The molecule has 18 heavy (non-hydrogen) atoms. The lowest BCUT2D eigenvalue weighted by molar-refractivity contribution is 0.0953. The molecule has 1 aliphatic heterocycles. The molecule has 0 radical (unpaired) electrons. The second-order valence-corrected chi connectivity index (χ2v) is 5.56. The van der Waals surface area contributed by atoms with Gasteiger partial charge in [-0.1, -0.05) is 35.1 Å². The molecule has 0 aliphatic carbocycles. The van der Waals surface area contributed by atoms with Crippen LogP contribution >= 0.6 is 22.6 Å². The lowest BCUT2D eigenvalue weighted by Crippen LogP contribution is -2.24. The van der Waals surface area contributed by atoms with Gasteiger partial charge in [-0.3, -0.25) is 4.79 Å². The number of alkyl halides is 1. The molecule has 2 rings (SSSR count). The van der Waals surface area contributed by atoms with Crippen LogP contribution in [0.4, 0.5) is 0 Å². The summed E-state index contributed by atoms with van der Waals surface area (Å²) in [5.74, 6) is 0.0270. The Kier molecular flexibility index (Phi) is 5.44. The molecule has 0 saturated heterocycles. The Morgan fingerprint density at radius 1 is 1.22 bits per heavy atom. The highest BCUT2D eigenvalue weighted by atomic mass is 127. The highest BCUT2D eigenvalue weighted by Crippen LogP contribution is 2.20. The summed E-state index contributed by atoms with van der Waals surface area (Å²) in [5, 5.41) is 2.97. The van der Waals surface area contributed by atoms with Crippen LogP contribution in [0.1, 0.15) is 40.7 Å². The van der Waals surface area contributed by atoms with Gasteiger partial charge in [-0.15, -0.1) is 0 Å². The topological polar surface area (TPSA) is 38.3 Å². The standard InChI is InChI=1S/C14H18INO2/c15-6-2-1-3-7-16-14(17)11-4-5-12-9-18-10-13(12)8-11/h4-5,8H,1-3,6-7,9-10H2,(H,16,17). The van der Waals surface area contributed by atoms with Crippen molar-refractivity contribution in [2.45, 2.75) is 32.5 Å². The zero-order chi connectivity index (χ0) is 12.8. The maximum Gasteiger partial charge on any atom is 0.251 e. The second-order valence-electron chi connectivity index (χ2n) is 4.48. The summed E-state index contributed by atoms with van der Waals surface area (Å²) >= 11 is 2.38. The van der Waals surface area contributed by atoms with Crippen molar-refractivity contribution in [2.75, 3.05) is 11.0 Å². The summed E-state index contributed by atoms with van der Waals surface area (Å²) < 4.78 is 6.53. The van der Waals surface area contributed by atoms with Crippen LogP contribution in [0.25, 0.3) is 0 Å². The molecular formula is C14H18INO2. The molecule has 1 aromatic rings. The van der Waals surface area contributed by atoms with Crippen LogP contribution in [0, 0.1) is 0 Å². The number of fused-ring (bicyclic) bond motifs is 1. The van der Waals surface area contributed by atoms with Gasteiger partial charge in [0.25, 0.3) is 5.91 Å². The molecular weight excluding hydrogens is 341 g/mol. The molecule has 1 heterocycles. The number of carbonyl (C=O) groups is 1. The monoisotopic (exact) mass is 359 g/mol. The first-order valence-corrected chi connectivity index (χ1v) is 7.87. The van der Waals surface area contributed by atoms with Crippen molar-refractivity contribution >= 4 is 28.5 Å². The largest absolute Gasteiger partial charge is 0.372 e. The molecule has 0 spiro atoms. The average molecular weight is 359 g/mol. The van der Waals surface area contributed by atoms with E-state index in [1.54, 1.807) is 0 Å². The quantitative estimate of drug-likeness (QED) is 0.482. The van der Waals surface area contributed by atoms with Crippen LogP contribution in [-0.4, -0.2) is 16.9 Å². The number of halogens is 1. The molecule has 0 saturated carbocycles. The normalized spacial score (nSPS) is 13.4. The van der Waals surface area contributed by atoms with Gasteiger partial charge in [0.1, 0.15) is 0 Å². The first-order chi connectivity index (χ1) is 8.81. The fraction of sp³-hybridized carbons (Fsp3) is 0.500. The predicted molar refractivity (Wildman–Crippen MR) is 80.0 cm³/mol. The van der Waals surface area contributed by atoms with Gasteiger partial charge in [0.15, 0.2) is 0 Å².